The Morgan fingerprint density at radius 1 is 1.61 bits per heavy atom. The van der Waals surface area contributed by atoms with Gasteiger partial charge in [0.2, 0.25) is 0 Å². The first-order valence-electron chi connectivity index (χ1n) is 5.89. The van der Waals surface area contributed by atoms with Gasteiger partial charge in [-0.15, -0.1) is 0 Å². The van der Waals surface area contributed by atoms with E-state index in [9.17, 15) is 4.79 Å². The molecule has 1 unspecified atom stereocenters. The van der Waals surface area contributed by atoms with Crippen LogP contribution in [-0.4, -0.2) is 36.9 Å². The molecule has 5 heteroatoms. The van der Waals surface area contributed by atoms with Gasteiger partial charge in [-0.3, -0.25) is 4.79 Å². The van der Waals surface area contributed by atoms with Crippen molar-refractivity contribution < 1.29 is 19.4 Å². The first-order valence-corrected chi connectivity index (χ1v) is 5.89. The van der Waals surface area contributed by atoms with Gasteiger partial charge in [-0.1, -0.05) is 12.1 Å². The van der Waals surface area contributed by atoms with E-state index in [2.05, 4.69) is 0 Å². The van der Waals surface area contributed by atoms with Gasteiger partial charge in [-0.25, -0.2) is 0 Å². The molecule has 1 aromatic rings. The van der Waals surface area contributed by atoms with Crippen LogP contribution in [-0.2, 0) is 14.9 Å². The fraction of sp³-hybridized carbons (Fsp3) is 0.462. The Kier molecular flexibility index (Phi) is 3.54. The molecule has 1 aliphatic rings. The Bertz CT molecular complexity index is 442. The average molecular weight is 251 g/mol. The second-order valence-corrected chi connectivity index (χ2v) is 4.43. The third kappa shape index (κ3) is 2.07. The van der Waals surface area contributed by atoms with E-state index in [4.69, 9.17) is 20.3 Å². The molecule has 1 heterocycles. The highest BCUT2D eigenvalue weighted by Crippen LogP contribution is 2.36. The largest absolute Gasteiger partial charge is 0.494 e. The van der Waals surface area contributed by atoms with Gasteiger partial charge >= 0.3 is 5.97 Å². The first-order chi connectivity index (χ1) is 8.60. The van der Waals surface area contributed by atoms with Crippen molar-refractivity contribution in [2.24, 2.45) is 5.73 Å². The predicted octanol–water partition coefficient (Wildman–Crippen LogP) is 0.765. The molecular weight excluding hydrogens is 234 g/mol. The van der Waals surface area contributed by atoms with Crippen LogP contribution in [0.4, 0.5) is 0 Å². The van der Waals surface area contributed by atoms with Gasteiger partial charge in [0.05, 0.1) is 25.2 Å². The van der Waals surface area contributed by atoms with Gasteiger partial charge in [-0.2, -0.15) is 0 Å². The zero-order chi connectivity index (χ0) is 13.2. The van der Waals surface area contributed by atoms with Crippen molar-refractivity contribution >= 4 is 5.97 Å². The molecule has 1 aromatic carbocycles. The normalized spacial score (nSPS) is 18.8. The van der Waals surface area contributed by atoms with Crippen LogP contribution in [0.3, 0.4) is 0 Å². The fourth-order valence-corrected chi connectivity index (χ4v) is 2.15. The van der Waals surface area contributed by atoms with Gasteiger partial charge in [0.1, 0.15) is 11.8 Å². The molecule has 0 aromatic heterocycles. The number of nitrogens with two attached hydrogens (primary N) is 1. The van der Waals surface area contributed by atoms with E-state index in [0.717, 1.165) is 11.3 Å². The molecule has 0 spiro atoms. The Balaban J connectivity index is 2.32. The number of benzene rings is 1. The molecule has 18 heavy (non-hydrogen) atoms. The number of rotatable bonds is 5. The quantitative estimate of drug-likeness (QED) is 0.807. The molecule has 0 radical (unpaired) electrons. The summed E-state index contributed by atoms with van der Waals surface area (Å²) in [6, 6.07) is 6.42. The number of carboxylic acid groups (broad SMARTS) is 1. The minimum Gasteiger partial charge on any atom is -0.494 e. The molecule has 1 aliphatic heterocycles. The molecule has 1 saturated heterocycles. The molecule has 0 aliphatic carbocycles. The number of ether oxygens (including phenoxy) is 2. The minimum atomic E-state index is -1.01. The zero-order valence-corrected chi connectivity index (χ0v) is 10.3. The number of carboxylic acids is 1. The molecule has 0 saturated carbocycles. The Morgan fingerprint density at radius 2 is 2.33 bits per heavy atom. The van der Waals surface area contributed by atoms with Gasteiger partial charge in [0, 0.05) is 0 Å². The maximum Gasteiger partial charge on any atom is 0.321 e. The molecule has 98 valence electrons. The fourth-order valence-electron chi connectivity index (χ4n) is 2.15. The van der Waals surface area contributed by atoms with Crippen molar-refractivity contribution in [3.63, 3.8) is 0 Å². The number of hydrogen-bond acceptors (Lipinski definition) is 4. The monoisotopic (exact) mass is 251 g/mol. The van der Waals surface area contributed by atoms with E-state index in [1.807, 2.05) is 31.2 Å². The lowest BCUT2D eigenvalue weighted by Gasteiger charge is -2.44. The van der Waals surface area contributed by atoms with Crippen molar-refractivity contribution in [3.05, 3.63) is 29.8 Å². The van der Waals surface area contributed by atoms with Crippen molar-refractivity contribution in [1.82, 2.24) is 0 Å². The maximum absolute atomic E-state index is 11.1. The van der Waals surface area contributed by atoms with Gasteiger partial charge in [0.25, 0.3) is 0 Å². The highest BCUT2D eigenvalue weighted by atomic mass is 16.5. The summed E-state index contributed by atoms with van der Waals surface area (Å²) >= 11 is 0. The molecule has 0 bridgehead atoms. The summed E-state index contributed by atoms with van der Waals surface area (Å²) < 4.78 is 10.6. The summed E-state index contributed by atoms with van der Waals surface area (Å²) in [5.41, 5.74) is 6.01. The SMILES string of the molecule is CCOc1cccc(C2(C(N)C(=O)O)COC2)c1. The highest BCUT2D eigenvalue weighted by molar-refractivity contribution is 5.76. The summed E-state index contributed by atoms with van der Waals surface area (Å²) in [5, 5.41) is 9.10. The van der Waals surface area contributed by atoms with E-state index < -0.39 is 17.4 Å². The molecule has 2 rings (SSSR count). The van der Waals surface area contributed by atoms with Crippen LogP contribution in [0.1, 0.15) is 12.5 Å². The Hall–Kier alpha value is -1.59. The summed E-state index contributed by atoms with van der Waals surface area (Å²) in [6.07, 6.45) is 0. The van der Waals surface area contributed by atoms with Crippen molar-refractivity contribution in [1.29, 1.82) is 0 Å². The van der Waals surface area contributed by atoms with Crippen LogP contribution in [0, 0.1) is 0 Å². The molecule has 3 N–H and O–H groups in total. The van der Waals surface area contributed by atoms with Crippen LogP contribution in [0.5, 0.6) is 5.75 Å². The van der Waals surface area contributed by atoms with Gasteiger partial charge in [0.15, 0.2) is 0 Å². The van der Waals surface area contributed by atoms with Crippen LogP contribution in [0.15, 0.2) is 24.3 Å². The molecule has 1 fully saturated rings. The standard InChI is InChI=1S/C13H17NO4/c1-2-18-10-5-3-4-9(6-10)13(7-17-8-13)11(14)12(15)16/h3-6,11H,2,7-8,14H2,1H3,(H,15,16). The van der Waals surface area contributed by atoms with Gasteiger partial charge < -0.3 is 20.3 Å². The van der Waals surface area contributed by atoms with Crippen molar-refractivity contribution in [2.75, 3.05) is 19.8 Å². The second-order valence-electron chi connectivity index (χ2n) is 4.43. The van der Waals surface area contributed by atoms with Crippen molar-refractivity contribution in [3.8, 4) is 5.75 Å². The highest BCUT2D eigenvalue weighted by Gasteiger charge is 2.49. The first kappa shape index (κ1) is 12.9. The second kappa shape index (κ2) is 4.96. The smallest absolute Gasteiger partial charge is 0.321 e. The predicted molar refractivity (Wildman–Crippen MR) is 65.7 cm³/mol. The van der Waals surface area contributed by atoms with E-state index >= 15 is 0 Å². The van der Waals surface area contributed by atoms with Crippen LogP contribution in [0.2, 0.25) is 0 Å². The molecular formula is C13H17NO4. The lowest BCUT2D eigenvalue weighted by Crippen LogP contribution is -2.61. The maximum atomic E-state index is 11.1. The number of aliphatic carboxylic acids is 1. The van der Waals surface area contributed by atoms with Gasteiger partial charge in [-0.05, 0) is 24.6 Å². The topological polar surface area (TPSA) is 81.8 Å². The minimum absolute atomic E-state index is 0.329. The summed E-state index contributed by atoms with van der Waals surface area (Å²) in [6.45, 7) is 3.13. The van der Waals surface area contributed by atoms with E-state index in [1.165, 1.54) is 0 Å². The van der Waals surface area contributed by atoms with E-state index in [1.54, 1.807) is 0 Å². The summed E-state index contributed by atoms with van der Waals surface area (Å²) in [4.78, 5) is 11.1. The lowest BCUT2D eigenvalue weighted by molar-refractivity contribution is -0.148. The third-order valence-corrected chi connectivity index (χ3v) is 3.30. The van der Waals surface area contributed by atoms with Crippen LogP contribution in [0.25, 0.3) is 0 Å². The Morgan fingerprint density at radius 3 is 2.83 bits per heavy atom. The van der Waals surface area contributed by atoms with Crippen LogP contribution >= 0.6 is 0 Å². The zero-order valence-electron chi connectivity index (χ0n) is 10.3. The molecule has 1 atom stereocenters. The van der Waals surface area contributed by atoms with E-state index in [0.29, 0.717) is 19.8 Å². The molecule has 5 nitrogen and oxygen atoms in total. The summed E-state index contributed by atoms with van der Waals surface area (Å²) in [7, 11) is 0. The Labute approximate surface area is 106 Å². The van der Waals surface area contributed by atoms with E-state index in [-0.39, 0.29) is 0 Å². The summed E-state index contributed by atoms with van der Waals surface area (Å²) in [5.74, 6) is -0.293. The van der Waals surface area contributed by atoms with Crippen LogP contribution < -0.4 is 10.5 Å². The lowest BCUT2D eigenvalue weighted by atomic mass is 9.72. The third-order valence-electron chi connectivity index (χ3n) is 3.30. The number of hydrogen-bond donors (Lipinski definition) is 2. The van der Waals surface area contributed by atoms with Crippen molar-refractivity contribution in [2.45, 2.75) is 18.4 Å². The molecule has 0 amide bonds. The average Bonchev–Trinajstić information content (AvgIpc) is 2.28. The number of carbonyl (C=O) groups is 1.